The summed E-state index contributed by atoms with van der Waals surface area (Å²) >= 11 is 1.48. The molecule has 0 radical (unpaired) electrons. The van der Waals surface area contributed by atoms with E-state index in [-0.39, 0.29) is 0 Å². The number of hydrogen-bond donors (Lipinski definition) is 2. The highest BCUT2D eigenvalue weighted by Crippen LogP contribution is 2.43. The number of hydrogen-bond acceptors (Lipinski definition) is 3. The molecule has 0 aromatic carbocycles. The maximum absolute atomic E-state index is 11.0. The van der Waals surface area contributed by atoms with Gasteiger partial charge in [-0.25, -0.2) is 0 Å². The number of fused-ring (bicyclic) bond motifs is 1. The predicted octanol–water partition coefficient (Wildman–Crippen LogP) is 1.04. The second kappa shape index (κ2) is 2.62. The summed E-state index contributed by atoms with van der Waals surface area (Å²) in [7, 11) is 0. The molecule has 3 nitrogen and oxygen atoms in total. The average molecular weight is 182 g/mol. The number of rotatable bonds is 1. The van der Waals surface area contributed by atoms with Crippen LogP contribution in [-0.2, 0) is 4.79 Å². The van der Waals surface area contributed by atoms with E-state index in [1.807, 2.05) is 0 Å². The third-order valence-corrected chi connectivity index (χ3v) is 3.60. The quantitative estimate of drug-likeness (QED) is 0.636. The number of nitrogens with one attached hydrogen (secondary N) is 1. The Morgan fingerprint density at radius 3 is 3.08 bits per heavy atom. The Balaban J connectivity index is 2.43. The zero-order valence-corrected chi connectivity index (χ0v) is 7.41. The highest BCUT2D eigenvalue weighted by Gasteiger charge is 2.35. The molecule has 12 heavy (non-hydrogen) atoms. The number of carbonyl (C=O) groups excluding carboxylic acids is 1. The molecule has 0 saturated heterocycles. The van der Waals surface area contributed by atoms with Gasteiger partial charge in [-0.2, -0.15) is 0 Å². The Morgan fingerprint density at radius 2 is 2.42 bits per heavy atom. The van der Waals surface area contributed by atoms with Crippen LogP contribution in [-0.4, -0.2) is 16.2 Å². The molecular weight excluding hydrogens is 172 g/mol. The Labute approximate surface area is 74.9 Å². The molecule has 0 aromatic heterocycles. The number of nitrogens with two attached hydrogens (primary N) is 1. The van der Waals surface area contributed by atoms with Crippen molar-refractivity contribution in [1.29, 1.82) is 5.41 Å². The maximum Gasteiger partial charge on any atom is 0.251 e. The normalized spacial score (nSPS) is 28.0. The average Bonchev–Trinajstić information content (AvgIpc) is 2.44. The first-order chi connectivity index (χ1) is 5.70. The summed E-state index contributed by atoms with van der Waals surface area (Å²) in [6, 6.07) is 0. The van der Waals surface area contributed by atoms with Crippen molar-refractivity contribution in [3.05, 3.63) is 11.1 Å². The van der Waals surface area contributed by atoms with Gasteiger partial charge in [-0.05, 0) is 24.8 Å². The molecule has 2 rings (SSSR count). The fourth-order valence-corrected chi connectivity index (χ4v) is 3.14. The fourth-order valence-electron chi connectivity index (χ4n) is 1.85. The van der Waals surface area contributed by atoms with Gasteiger partial charge in [0.1, 0.15) is 5.04 Å². The molecule has 1 heterocycles. The number of thioether (sulfide) groups is 1. The lowest BCUT2D eigenvalue weighted by Crippen LogP contribution is -2.17. The lowest BCUT2D eigenvalue weighted by molar-refractivity contribution is -0.114. The van der Waals surface area contributed by atoms with Crippen LogP contribution in [0.4, 0.5) is 0 Å². The maximum atomic E-state index is 11.0. The Bertz CT molecular complexity index is 295. The van der Waals surface area contributed by atoms with Gasteiger partial charge in [0, 0.05) is 5.25 Å². The Hall–Kier alpha value is -0.770. The van der Waals surface area contributed by atoms with E-state index < -0.39 is 5.91 Å². The van der Waals surface area contributed by atoms with Gasteiger partial charge in [0.2, 0.25) is 0 Å². The molecule has 1 atom stereocenters. The first-order valence-corrected chi connectivity index (χ1v) is 4.86. The van der Waals surface area contributed by atoms with Crippen molar-refractivity contribution in [3.63, 3.8) is 0 Å². The van der Waals surface area contributed by atoms with Crippen LogP contribution in [0.2, 0.25) is 0 Å². The highest BCUT2D eigenvalue weighted by molar-refractivity contribution is 8.15. The smallest absolute Gasteiger partial charge is 0.251 e. The molecule has 1 aliphatic heterocycles. The number of primary amides is 1. The number of carbonyl (C=O) groups is 1. The van der Waals surface area contributed by atoms with Crippen LogP contribution in [0.15, 0.2) is 11.1 Å². The first-order valence-electron chi connectivity index (χ1n) is 3.98. The van der Waals surface area contributed by atoms with Crippen LogP contribution < -0.4 is 5.73 Å². The molecule has 1 aliphatic carbocycles. The molecule has 0 aromatic rings. The molecule has 1 fully saturated rings. The zero-order valence-electron chi connectivity index (χ0n) is 6.59. The third kappa shape index (κ3) is 0.982. The molecule has 0 unspecified atom stereocenters. The molecule has 1 amide bonds. The number of amides is 1. The standard InChI is InChI=1S/C8H10N2OS/c9-7(11)6-4-2-1-3-5(4)12-8(6)10/h5,10H,1-3H2,(H2,9,11)/t5-/m1/s1. The van der Waals surface area contributed by atoms with Gasteiger partial charge in [-0.1, -0.05) is 11.8 Å². The molecule has 4 heteroatoms. The van der Waals surface area contributed by atoms with E-state index in [9.17, 15) is 4.79 Å². The fraction of sp³-hybridized carbons (Fsp3) is 0.500. The third-order valence-electron chi connectivity index (χ3n) is 2.36. The zero-order chi connectivity index (χ0) is 8.72. The van der Waals surface area contributed by atoms with Gasteiger partial charge in [0.15, 0.2) is 0 Å². The molecular formula is C8H10N2OS. The summed E-state index contributed by atoms with van der Waals surface area (Å²) in [5, 5.41) is 8.30. The second-order valence-corrected chi connectivity index (χ2v) is 4.31. The van der Waals surface area contributed by atoms with Crippen LogP contribution in [0, 0.1) is 5.41 Å². The molecule has 64 valence electrons. The van der Waals surface area contributed by atoms with Crippen molar-refractivity contribution >= 4 is 22.7 Å². The molecule has 1 saturated carbocycles. The highest BCUT2D eigenvalue weighted by atomic mass is 32.2. The molecule has 2 aliphatic rings. The van der Waals surface area contributed by atoms with Gasteiger partial charge >= 0.3 is 0 Å². The minimum atomic E-state index is -0.424. The van der Waals surface area contributed by atoms with E-state index in [1.165, 1.54) is 11.8 Å². The summed E-state index contributed by atoms with van der Waals surface area (Å²) < 4.78 is 0. The summed E-state index contributed by atoms with van der Waals surface area (Å²) in [6.07, 6.45) is 3.19. The van der Waals surface area contributed by atoms with E-state index in [2.05, 4.69) is 0 Å². The van der Waals surface area contributed by atoms with Crippen LogP contribution >= 0.6 is 11.8 Å². The van der Waals surface area contributed by atoms with E-state index >= 15 is 0 Å². The van der Waals surface area contributed by atoms with Gasteiger partial charge in [0.25, 0.3) is 5.91 Å². The Kier molecular flexibility index (Phi) is 1.72. The predicted molar refractivity (Wildman–Crippen MR) is 49.2 cm³/mol. The van der Waals surface area contributed by atoms with E-state index in [0.29, 0.717) is 15.9 Å². The van der Waals surface area contributed by atoms with E-state index in [0.717, 1.165) is 24.8 Å². The minimum Gasteiger partial charge on any atom is -0.366 e. The Morgan fingerprint density at radius 1 is 1.67 bits per heavy atom. The summed E-state index contributed by atoms with van der Waals surface area (Å²) in [4.78, 5) is 11.0. The summed E-state index contributed by atoms with van der Waals surface area (Å²) in [5.74, 6) is -0.424. The minimum absolute atomic E-state index is 0.377. The van der Waals surface area contributed by atoms with Crippen molar-refractivity contribution in [3.8, 4) is 0 Å². The van der Waals surface area contributed by atoms with Gasteiger partial charge in [-0.3, -0.25) is 10.2 Å². The second-order valence-electron chi connectivity index (χ2n) is 3.09. The topological polar surface area (TPSA) is 66.9 Å². The van der Waals surface area contributed by atoms with Crippen molar-refractivity contribution in [2.24, 2.45) is 5.73 Å². The van der Waals surface area contributed by atoms with Crippen molar-refractivity contribution in [1.82, 2.24) is 0 Å². The van der Waals surface area contributed by atoms with Crippen molar-refractivity contribution in [2.75, 3.05) is 0 Å². The first kappa shape index (κ1) is 7.86. The van der Waals surface area contributed by atoms with E-state index in [1.54, 1.807) is 0 Å². The van der Waals surface area contributed by atoms with Gasteiger partial charge in [-0.15, -0.1) is 0 Å². The molecule has 0 spiro atoms. The van der Waals surface area contributed by atoms with Crippen LogP contribution in [0.25, 0.3) is 0 Å². The summed E-state index contributed by atoms with van der Waals surface area (Å²) in [6.45, 7) is 0. The SMILES string of the molecule is N=C1S[C@@H]2CCCC2=C1C(N)=O. The van der Waals surface area contributed by atoms with Gasteiger partial charge < -0.3 is 5.73 Å². The largest absolute Gasteiger partial charge is 0.366 e. The monoisotopic (exact) mass is 182 g/mol. The summed E-state index contributed by atoms with van der Waals surface area (Å²) in [5.41, 5.74) is 6.82. The van der Waals surface area contributed by atoms with Crippen LogP contribution in [0.3, 0.4) is 0 Å². The van der Waals surface area contributed by atoms with Crippen LogP contribution in [0.1, 0.15) is 19.3 Å². The lowest BCUT2D eigenvalue weighted by atomic mass is 10.1. The van der Waals surface area contributed by atoms with Gasteiger partial charge in [0.05, 0.1) is 5.57 Å². The lowest BCUT2D eigenvalue weighted by Gasteiger charge is -1.98. The molecule has 3 N–H and O–H groups in total. The van der Waals surface area contributed by atoms with Crippen LogP contribution in [0.5, 0.6) is 0 Å². The van der Waals surface area contributed by atoms with Crippen molar-refractivity contribution in [2.45, 2.75) is 24.5 Å². The van der Waals surface area contributed by atoms with E-state index in [4.69, 9.17) is 11.1 Å². The molecule has 0 bridgehead atoms. The van der Waals surface area contributed by atoms with Crippen molar-refractivity contribution < 1.29 is 4.79 Å².